The third-order valence-corrected chi connectivity index (χ3v) is 10.2. The van der Waals surface area contributed by atoms with Crippen molar-refractivity contribution in [2.45, 2.75) is 103 Å². The molecule has 0 bridgehead atoms. The van der Waals surface area contributed by atoms with Crippen molar-refractivity contribution in [3.63, 3.8) is 0 Å². The average Bonchev–Trinajstić information content (AvgIpc) is 3.05. The van der Waals surface area contributed by atoms with Crippen molar-refractivity contribution < 1.29 is 14.6 Å². The van der Waals surface area contributed by atoms with Gasteiger partial charge in [-0.15, -0.1) is 0 Å². The summed E-state index contributed by atoms with van der Waals surface area (Å²) in [6.45, 7) is 9.49. The van der Waals surface area contributed by atoms with Crippen molar-refractivity contribution in [2.24, 2.45) is 34.5 Å². The van der Waals surface area contributed by atoms with Crippen LogP contribution in [0, 0.1) is 39.4 Å². The third-order valence-electron chi connectivity index (χ3n) is 10.2. The summed E-state index contributed by atoms with van der Waals surface area (Å²) in [6.07, 6.45) is 10.0. The van der Waals surface area contributed by atoms with E-state index >= 15 is 0 Å². The van der Waals surface area contributed by atoms with Gasteiger partial charge in [-0.25, -0.2) is 0 Å². The van der Waals surface area contributed by atoms with Gasteiger partial charge >= 0.3 is 5.72 Å². The number of hydrogen-bond acceptors (Lipinski definition) is 3. The van der Waals surface area contributed by atoms with Crippen molar-refractivity contribution >= 4 is 0 Å². The highest BCUT2D eigenvalue weighted by atomic mass is 16.6. The summed E-state index contributed by atoms with van der Waals surface area (Å²) >= 11 is 0. The Bertz CT molecular complexity index is 662. The molecular formula is C23H38NO3+. The molecule has 0 aromatic heterocycles. The van der Waals surface area contributed by atoms with Gasteiger partial charge in [0.1, 0.15) is 6.61 Å². The largest absolute Gasteiger partial charge is 0.393 e. The lowest BCUT2D eigenvalue weighted by atomic mass is 9.44. The Hall–Kier alpha value is -0.480. The van der Waals surface area contributed by atoms with E-state index in [1.54, 1.807) is 0 Å². The van der Waals surface area contributed by atoms with E-state index in [4.69, 9.17) is 4.74 Å². The zero-order valence-electron chi connectivity index (χ0n) is 17.7. The maximum atomic E-state index is 13.1. The van der Waals surface area contributed by atoms with Crippen LogP contribution < -0.4 is 0 Å². The van der Waals surface area contributed by atoms with E-state index in [2.05, 4.69) is 13.8 Å². The zero-order chi connectivity index (χ0) is 19.2. The van der Waals surface area contributed by atoms with E-state index in [1.807, 2.05) is 13.8 Å². The van der Waals surface area contributed by atoms with Crippen LogP contribution in [-0.2, 0) is 4.74 Å². The minimum absolute atomic E-state index is 0.0910. The lowest BCUT2D eigenvalue weighted by molar-refractivity contribution is -0.692. The van der Waals surface area contributed by atoms with Crippen LogP contribution in [0.3, 0.4) is 0 Å². The van der Waals surface area contributed by atoms with Crippen LogP contribution in [0.1, 0.15) is 85.5 Å². The molecule has 1 heterocycles. The predicted molar refractivity (Wildman–Crippen MR) is 104 cm³/mol. The lowest BCUT2D eigenvalue weighted by Crippen LogP contribution is -2.58. The maximum Gasteiger partial charge on any atom is 0.315 e. The van der Waals surface area contributed by atoms with E-state index in [0.29, 0.717) is 23.9 Å². The fourth-order valence-electron chi connectivity index (χ4n) is 8.48. The Morgan fingerprint density at radius 2 is 1.63 bits per heavy atom. The molecule has 1 spiro atoms. The van der Waals surface area contributed by atoms with Gasteiger partial charge in [-0.3, -0.25) is 0 Å². The molecular weight excluding hydrogens is 338 g/mol. The van der Waals surface area contributed by atoms with Gasteiger partial charge in [0.05, 0.1) is 6.10 Å². The van der Waals surface area contributed by atoms with Crippen LogP contribution >= 0.6 is 0 Å². The van der Waals surface area contributed by atoms with E-state index in [1.165, 1.54) is 36.9 Å². The molecule has 1 aliphatic heterocycles. The summed E-state index contributed by atoms with van der Waals surface area (Å²) in [5, 5.41) is 10.6. The Kier molecular flexibility index (Phi) is 3.82. The lowest BCUT2D eigenvalue weighted by Gasteiger charge is -2.60. The molecule has 5 rings (SSSR count). The molecule has 152 valence electrons. The van der Waals surface area contributed by atoms with Gasteiger partial charge in [0, 0.05) is 36.4 Å². The molecule has 5 fully saturated rings. The normalized spacial score (nSPS) is 56.6. The Morgan fingerprint density at radius 1 is 0.889 bits per heavy atom. The third kappa shape index (κ3) is 2.29. The van der Waals surface area contributed by atoms with Gasteiger partial charge in [-0.2, -0.15) is 0 Å². The minimum atomic E-state index is -0.562. The molecule has 4 saturated carbocycles. The van der Waals surface area contributed by atoms with E-state index in [0.717, 1.165) is 37.5 Å². The van der Waals surface area contributed by atoms with Gasteiger partial charge < -0.3 is 9.84 Å². The SMILES string of the molecule is CC12CCC3C(CCC4CC5(CCC43C)OCC(C)(C)[N+]5=O)C1CCC2O. The number of ether oxygens (including phenoxy) is 1. The number of aliphatic hydroxyl groups excluding tert-OH is 1. The van der Waals surface area contributed by atoms with Crippen LogP contribution in [-0.4, -0.2) is 33.8 Å². The zero-order valence-corrected chi connectivity index (χ0v) is 17.7. The summed E-state index contributed by atoms with van der Waals surface area (Å²) in [5.41, 5.74) is -0.449. The fraction of sp³-hybridized carbons (Fsp3) is 1.00. The minimum Gasteiger partial charge on any atom is -0.393 e. The number of rotatable bonds is 0. The second-order valence-corrected chi connectivity index (χ2v) is 11.8. The van der Waals surface area contributed by atoms with Gasteiger partial charge in [0.25, 0.3) is 0 Å². The number of aliphatic hydroxyl groups is 1. The van der Waals surface area contributed by atoms with Crippen molar-refractivity contribution in [2.75, 3.05) is 6.61 Å². The first-order chi connectivity index (χ1) is 12.6. The highest BCUT2D eigenvalue weighted by Crippen LogP contribution is 2.67. The summed E-state index contributed by atoms with van der Waals surface area (Å²) in [4.78, 5) is 13.1. The predicted octanol–water partition coefficient (Wildman–Crippen LogP) is 4.67. The van der Waals surface area contributed by atoms with Gasteiger partial charge in [0.15, 0.2) is 0 Å². The van der Waals surface area contributed by atoms with Crippen LogP contribution in [0.2, 0.25) is 0 Å². The van der Waals surface area contributed by atoms with Crippen molar-refractivity contribution in [3.8, 4) is 0 Å². The summed E-state index contributed by atoms with van der Waals surface area (Å²) in [5.74, 6) is 2.86. The van der Waals surface area contributed by atoms with Gasteiger partial charge in [-0.1, -0.05) is 13.8 Å². The molecule has 1 saturated heterocycles. The maximum absolute atomic E-state index is 13.1. The van der Waals surface area contributed by atoms with E-state index in [-0.39, 0.29) is 11.5 Å². The Morgan fingerprint density at radius 3 is 2.33 bits per heavy atom. The summed E-state index contributed by atoms with van der Waals surface area (Å²) in [6, 6.07) is 0. The Labute approximate surface area is 164 Å². The second kappa shape index (κ2) is 5.56. The molecule has 4 aliphatic carbocycles. The second-order valence-electron chi connectivity index (χ2n) is 11.8. The van der Waals surface area contributed by atoms with E-state index in [9.17, 15) is 10.0 Å². The molecule has 4 nitrogen and oxygen atoms in total. The summed E-state index contributed by atoms with van der Waals surface area (Å²) < 4.78 is 7.54. The van der Waals surface area contributed by atoms with Crippen LogP contribution in [0.4, 0.5) is 0 Å². The number of hydrogen-bond donors (Lipinski definition) is 1. The van der Waals surface area contributed by atoms with Crippen LogP contribution in [0.25, 0.3) is 0 Å². The number of nitroso groups, excluding NO2 is 1. The highest BCUT2D eigenvalue weighted by Gasteiger charge is 2.68. The van der Waals surface area contributed by atoms with Crippen molar-refractivity contribution in [3.05, 3.63) is 4.91 Å². The molecule has 27 heavy (non-hydrogen) atoms. The molecule has 5 aliphatic rings. The molecule has 0 aromatic carbocycles. The van der Waals surface area contributed by atoms with Crippen molar-refractivity contribution in [1.82, 2.24) is 0 Å². The molecule has 4 heteroatoms. The topological polar surface area (TPSA) is 49.5 Å². The molecule has 1 N–H and O–H groups in total. The summed E-state index contributed by atoms with van der Waals surface area (Å²) in [7, 11) is 0. The van der Waals surface area contributed by atoms with Crippen molar-refractivity contribution in [1.29, 1.82) is 0 Å². The first-order valence-corrected chi connectivity index (χ1v) is 11.4. The highest BCUT2D eigenvalue weighted by molar-refractivity contribution is 5.10. The average molecular weight is 377 g/mol. The van der Waals surface area contributed by atoms with Crippen LogP contribution in [0.15, 0.2) is 0 Å². The van der Waals surface area contributed by atoms with Gasteiger partial charge in [-0.05, 0) is 79.4 Å². The molecule has 0 amide bonds. The van der Waals surface area contributed by atoms with E-state index < -0.39 is 11.3 Å². The quantitative estimate of drug-likeness (QED) is 0.625. The number of fused-ring (bicyclic) bond motifs is 5. The standard InChI is InChI=1S/C23H38NO3/c1-20(2)14-27-23(24(20)26)12-11-21(3)15(13-23)5-6-16-17-7-8-19(25)22(17,4)10-9-18(16)21/h15-19,25H,5-14H2,1-4H3/q+1. The smallest absolute Gasteiger partial charge is 0.315 e. The fourth-order valence-corrected chi connectivity index (χ4v) is 8.48. The van der Waals surface area contributed by atoms with Gasteiger partial charge in [0.2, 0.25) is 5.54 Å². The first-order valence-electron chi connectivity index (χ1n) is 11.4. The van der Waals surface area contributed by atoms with Crippen LogP contribution in [0.5, 0.6) is 0 Å². The molecule has 8 atom stereocenters. The Balaban J connectivity index is 1.41. The molecule has 0 radical (unpaired) electrons. The molecule has 8 unspecified atom stereocenters. The first kappa shape index (κ1) is 18.5. The molecule has 0 aromatic rings. The monoisotopic (exact) mass is 376 g/mol. The number of nitrogens with zero attached hydrogens (tertiary/aromatic N) is 1.